The van der Waals surface area contributed by atoms with Gasteiger partial charge in [-0.3, -0.25) is 13.7 Å². The SMILES string of the molecule is C[C@@H](CCCOS(=O)(=O)O)[C@H]1CC[C@H]2[C@@H]3CC[C@H]4C[C@H](OS(=O)(=O)O)[C@@H](OS(=O)(=O)O)C[C@]4(C)[C@H]3CC[C@]12C. The highest BCUT2D eigenvalue weighted by molar-refractivity contribution is 7.81. The first-order valence-electron chi connectivity index (χ1n) is 13.8. The normalized spacial score (nSPS) is 41.8. The van der Waals surface area contributed by atoms with Crippen molar-refractivity contribution in [3.05, 3.63) is 0 Å². The van der Waals surface area contributed by atoms with Crippen molar-refractivity contribution >= 4 is 31.2 Å². The van der Waals surface area contributed by atoms with E-state index in [0.717, 1.165) is 44.9 Å². The molecule has 4 aliphatic carbocycles. The van der Waals surface area contributed by atoms with Crippen molar-refractivity contribution in [2.45, 2.75) is 97.2 Å². The number of hydrogen-bond acceptors (Lipinski definition) is 9. The van der Waals surface area contributed by atoms with Gasteiger partial charge in [-0.05, 0) is 111 Å². The average Bonchev–Trinajstić information content (AvgIpc) is 3.12. The molecule has 4 aliphatic rings. The second kappa shape index (κ2) is 11.0. The summed E-state index contributed by atoms with van der Waals surface area (Å²) in [5.74, 6) is 2.03. The fraction of sp³-hybridized carbons (Fsp3) is 1.00. The van der Waals surface area contributed by atoms with Gasteiger partial charge in [0.2, 0.25) is 0 Å². The van der Waals surface area contributed by atoms with Gasteiger partial charge in [-0.1, -0.05) is 20.8 Å². The van der Waals surface area contributed by atoms with Crippen LogP contribution in [0.3, 0.4) is 0 Å². The van der Waals surface area contributed by atoms with Crippen LogP contribution in [0.25, 0.3) is 0 Å². The van der Waals surface area contributed by atoms with E-state index in [1.165, 1.54) is 0 Å². The summed E-state index contributed by atoms with van der Waals surface area (Å²) < 4.78 is 110. The van der Waals surface area contributed by atoms with Gasteiger partial charge in [0.05, 0.1) is 6.61 Å². The van der Waals surface area contributed by atoms with Crippen molar-refractivity contribution in [3.63, 3.8) is 0 Å². The van der Waals surface area contributed by atoms with Crippen LogP contribution >= 0.6 is 0 Å². The summed E-state index contributed by atoms with van der Waals surface area (Å²) in [6.07, 6.45) is 5.13. The standard InChI is InChI=1S/C24H42O12S3/c1-15(5-4-12-34-37(25,26)27)18-8-9-19-17-7-6-16-13-21(35-38(28,29)30)22(36-39(31,32)33)14-24(16,3)20(17)10-11-23(18,19)2/h15-22H,4-14H2,1-3H3,(H,25,26,27)(H,28,29,30)(H,31,32,33)/t15-,16-,17-,18+,19-,20-,21-,22-,23+,24-/m0/s1. The minimum absolute atomic E-state index is 0.0461. The molecule has 10 atom stereocenters. The van der Waals surface area contributed by atoms with Gasteiger partial charge in [0.25, 0.3) is 0 Å². The number of fused-ring (bicyclic) bond motifs is 5. The van der Waals surface area contributed by atoms with E-state index < -0.39 is 43.4 Å². The maximum atomic E-state index is 11.6. The lowest BCUT2D eigenvalue weighted by molar-refractivity contribution is -0.152. The first-order chi connectivity index (χ1) is 17.8. The molecule has 0 aromatic rings. The Hall–Kier alpha value is -0.390. The number of hydrogen-bond donors (Lipinski definition) is 3. The molecule has 0 radical (unpaired) electrons. The molecule has 0 unspecified atom stereocenters. The summed E-state index contributed by atoms with van der Waals surface area (Å²) in [6.45, 7) is 6.64. The Balaban J connectivity index is 1.49. The zero-order valence-electron chi connectivity index (χ0n) is 22.6. The molecule has 0 heterocycles. The molecule has 0 saturated heterocycles. The molecular weight excluding hydrogens is 576 g/mol. The Morgan fingerprint density at radius 1 is 0.795 bits per heavy atom. The van der Waals surface area contributed by atoms with E-state index in [1.54, 1.807) is 0 Å². The van der Waals surface area contributed by atoms with E-state index in [9.17, 15) is 34.4 Å². The van der Waals surface area contributed by atoms with E-state index in [-0.39, 0.29) is 42.1 Å². The summed E-state index contributed by atoms with van der Waals surface area (Å²) in [4.78, 5) is 0. The second-order valence-corrected chi connectivity index (χ2v) is 16.0. The van der Waals surface area contributed by atoms with Crippen LogP contribution in [0.2, 0.25) is 0 Å². The van der Waals surface area contributed by atoms with E-state index >= 15 is 0 Å². The largest absolute Gasteiger partial charge is 0.397 e. The molecular formula is C24H42O12S3. The first kappa shape index (κ1) is 31.5. The molecule has 4 rings (SSSR count). The fourth-order valence-electron chi connectivity index (χ4n) is 9.49. The minimum atomic E-state index is -4.88. The van der Waals surface area contributed by atoms with Gasteiger partial charge in [-0.2, -0.15) is 25.3 Å². The molecule has 0 bridgehead atoms. The molecule has 0 spiro atoms. The lowest BCUT2D eigenvalue weighted by Crippen LogP contribution is -2.57. The minimum Gasteiger partial charge on any atom is -0.264 e. The molecule has 4 saturated carbocycles. The molecule has 0 amide bonds. The topological polar surface area (TPSA) is 191 Å². The zero-order chi connectivity index (χ0) is 29.0. The maximum Gasteiger partial charge on any atom is 0.397 e. The lowest BCUT2D eigenvalue weighted by atomic mass is 9.44. The van der Waals surface area contributed by atoms with E-state index in [1.807, 2.05) is 0 Å². The van der Waals surface area contributed by atoms with Crippen LogP contribution in [0.5, 0.6) is 0 Å². The predicted molar refractivity (Wildman–Crippen MR) is 139 cm³/mol. The van der Waals surface area contributed by atoms with Gasteiger partial charge >= 0.3 is 31.2 Å². The van der Waals surface area contributed by atoms with Gasteiger partial charge in [-0.15, -0.1) is 0 Å². The monoisotopic (exact) mass is 618 g/mol. The van der Waals surface area contributed by atoms with Crippen LogP contribution in [-0.2, 0) is 43.7 Å². The number of rotatable bonds is 10. The molecule has 4 fully saturated rings. The molecule has 228 valence electrons. The molecule has 39 heavy (non-hydrogen) atoms. The van der Waals surface area contributed by atoms with Gasteiger partial charge in [0.1, 0.15) is 12.2 Å². The maximum absolute atomic E-state index is 11.6. The summed E-state index contributed by atoms with van der Waals surface area (Å²) in [6, 6.07) is 0. The molecule has 15 heteroatoms. The van der Waals surface area contributed by atoms with E-state index in [2.05, 4.69) is 25.0 Å². The third-order valence-electron chi connectivity index (χ3n) is 10.9. The highest BCUT2D eigenvalue weighted by atomic mass is 32.3. The molecule has 3 N–H and O–H groups in total. The van der Waals surface area contributed by atoms with Crippen LogP contribution in [0, 0.1) is 46.3 Å². The summed E-state index contributed by atoms with van der Waals surface area (Å²) in [7, 11) is -14.2. The highest BCUT2D eigenvalue weighted by Crippen LogP contribution is 2.68. The molecule has 0 aromatic carbocycles. The summed E-state index contributed by atoms with van der Waals surface area (Å²) >= 11 is 0. The van der Waals surface area contributed by atoms with E-state index in [0.29, 0.717) is 30.1 Å². The highest BCUT2D eigenvalue weighted by Gasteiger charge is 2.62. The smallest absolute Gasteiger partial charge is 0.264 e. The van der Waals surface area contributed by atoms with Crippen molar-refractivity contribution in [1.82, 2.24) is 0 Å². The average molecular weight is 619 g/mol. The Morgan fingerprint density at radius 3 is 2.03 bits per heavy atom. The fourth-order valence-corrected chi connectivity index (χ4v) is 10.8. The van der Waals surface area contributed by atoms with Gasteiger partial charge in [0, 0.05) is 0 Å². The third kappa shape index (κ3) is 6.99. The van der Waals surface area contributed by atoms with Crippen molar-refractivity contribution in [2.75, 3.05) is 6.61 Å². The second-order valence-electron chi connectivity index (χ2n) is 12.8. The van der Waals surface area contributed by atoms with Crippen LogP contribution in [0.1, 0.15) is 85.0 Å². The van der Waals surface area contributed by atoms with Crippen molar-refractivity contribution in [3.8, 4) is 0 Å². The van der Waals surface area contributed by atoms with Crippen LogP contribution < -0.4 is 0 Å². The Labute approximate surface area is 232 Å². The molecule has 0 aromatic heterocycles. The quantitative estimate of drug-likeness (QED) is 0.237. The Bertz CT molecular complexity index is 1220. The van der Waals surface area contributed by atoms with Crippen molar-refractivity contribution in [1.29, 1.82) is 0 Å². The zero-order valence-corrected chi connectivity index (χ0v) is 25.1. The van der Waals surface area contributed by atoms with Crippen LogP contribution in [0.4, 0.5) is 0 Å². The Kier molecular flexibility index (Phi) is 8.92. The molecule has 0 aliphatic heterocycles. The van der Waals surface area contributed by atoms with Crippen molar-refractivity contribution in [2.24, 2.45) is 46.3 Å². The van der Waals surface area contributed by atoms with Gasteiger partial charge in [0.15, 0.2) is 0 Å². The summed E-state index contributed by atoms with van der Waals surface area (Å²) in [5.41, 5.74) is -0.237. The van der Waals surface area contributed by atoms with Crippen LogP contribution in [0.15, 0.2) is 0 Å². The summed E-state index contributed by atoms with van der Waals surface area (Å²) in [5, 5.41) is 0. The Morgan fingerprint density at radius 2 is 1.41 bits per heavy atom. The lowest BCUT2D eigenvalue weighted by Gasteiger charge is -2.62. The molecule has 12 nitrogen and oxygen atoms in total. The van der Waals surface area contributed by atoms with E-state index in [4.69, 9.17) is 12.9 Å². The van der Waals surface area contributed by atoms with Gasteiger partial charge in [-0.25, -0.2) is 12.5 Å². The van der Waals surface area contributed by atoms with Gasteiger partial charge < -0.3 is 0 Å². The van der Waals surface area contributed by atoms with Crippen molar-refractivity contribution < 1.29 is 51.5 Å². The third-order valence-corrected chi connectivity index (χ3v) is 12.4. The van der Waals surface area contributed by atoms with Crippen LogP contribution in [-0.4, -0.2) is 57.7 Å². The first-order valence-corrected chi connectivity index (χ1v) is 17.8. The predicted octanol–water partition coefficient (Wildman–Crippen LogP) is 3.87.